The molecule has 4 heteroatoms. The molecule has 0 aliphatic heterocycles. The Bertz CT molecular complexity index is 678. The van der Waals surface area contributed by atoms with Crippen LogP contribution in [0.2, 0.25) is 0 Å². The van der Waals surface area contributed by atoms with Crippen LogP contribution >= 0.6 is 0 Å². The molecule has 0 N–H and O–H groups in total. The van der Waals surface area contributed by atoms with E-state index in [9.17, 15) is 9.18 Å². The van der Waals surface area contributed by atoms with Gasteiger partial charge in [0.15, 0.2) is 0 Å². The molecule has 2 rings (SSSR count). The summed E-state index contributed by atoms with van der Waals surface area (Å²) in [6, 6.07) is 10.2. The number of ether oxygens (including phenoxy) is 1. The van der Waals surface area contributed by atoms with E-state index in [-0.39, 0.29) is 11.9 Å². The highest BCUT2D eigenvalue weighted by molar-refractivity contribution is 5.63. The second-order valence-electron chi connectivity index (χ2n) is 4.66. The molecule has 1 atom stereocenters. The molecule has 0 amide bonds. The van der Waals surface area contributed by atoms with Crippen LogP contribution in [0.15, 0.2) is 60.8 Å². The fraction of sp³-hybridized carbons (Fsp3) is 0.111. The van der Waals surface area contributed by atoms with E-state index in [1.54, 1.807) is 31.3 Å². The van der Waals surface area contributed by atoms with E-state index < -0.39 is 0 Å². The van der Waals surface area contributed by atoms with E-state index in [1.165, 1.54) is 12.1 Å². The van der Waals surface area contributed by atoms with E-state index in [0.29, 0.717) is 6.47 Å². The Balaban J connectivity index is 2.01. The molecule has 0 saturated carbocycles. The van der Waals surface area contributed by atoms with Crippen LogP contribution in [-0.2, 0) is 9.53 Å². The third kappa shape index (κ3) is 4.66. The van der Waals surface area contributed by atoms with Gasteiger partial charge >= 0.3 is 0 Å². The van der Waals surface area contributed by atoms with E-state index in [1.807, 2.05) is 30.4 Å². The molecule has 2 aromatic rings. The maximum Gasteiger partial charge on any atom is 0.293 e. The predicted octanol–water partition coefficient (Wildman–Crippen LogP) is 4.02. The maximum atomic E-state index is 13.2. The standard InChI is InChI=1S/C18H16FNO2/c1-14(22-13-21)5-2-3-8-18-10-9-16(12-20-18)15-6-4-7-17(19)11-15/h2-14H,1H3/b5-2-,8-3+/t14-/m1/s1. The second kappa shape index (κ2) is 7.88. The Hall–Kier alpha value is -2.75. The molecule has 0 fully saturated rings. The Morgan fingerprint density at radius 1 is 1.18 bits per heavy atom. The molecule has 1 aromatic carbocycles. The van der Waals surface area contributed by atoms with Crippen molar-refractivity contribution in [3.63, 3.8) is 0 Å². The molecule has 3 nitrogen and oxygen atoms in total. The number of halogens is 1. The van der Waals surface area contributed by atoms with Crippen molar-refractivity contribution >= 4 is 12.5 Å². The number of pyridine rings is 1. The summed E-state index contributed by atoms with van der Waals surface area (Å²) >= 11 is 0. The fourth-order valence-corrected chi connectivity index (χ4v) is 1.85. The van der Waals surface area contributed by atoms with Crippen molar-refractivity contribution in [3.05, 3.63) is 72.3 Å². The van der Waals surface area contributed by atoms with Crippen LogP contribution in [0, 0.1) is 5.82 Å². The quantitative estimate of drug-likeness (QED) is 0.597. The van der Waals surface area contributed by atoms with Crippen molar-refractivity contribution in [1.29, 1.82) is 0 Å². The summed E-state index contributed by atoms with van der Waals surface area (Å²) in [4.78, 5) is 14.4. The Labute approximate surface area is 128 Å². The van der Waals surface area contributed by atoms with Crippen molar-refractivity contribution in [2.75, 3.05) is 0 Å². The molecule has 1 aromatic heterocycles. The molecule has 0 unspecified atom stereocenters. The number of allylic oxidation sites excluding steroid dienone is 2. The third-order valence-corrected chi connectivity index (χ3v) is 2.97. The summed E-state index contributed by atoms with van der Waals surface area (Å²) in [6.07, 6.45) is 8.64. The Kier molecular flexibility index (Phi) is 5.60. The highest BCUT2D eigenvalue weighted by atomic mass is 19.1. The Morgan fingerprint density at radius 2 is 2.05 bits per heavy atom. The van der Waals surface area contributed by atoms with Gasteiger partial charge in [0, 0.05) is 11.8 Å². The van der Waals surface area contributed by atoms with Crippen molar-refractivity contribution < 1.29 is 13.9 Å². The molecule has 1 heterocycles. The third-order valence-electron chi connectivity index (χ3n) is 2.97. The SMILES string of the molecule is C[C@H](/C=C\C=C\c1ccc(-c2cccc(F)c2)cn1)OC=O. The average Bonchev–Trinajstić information content (AvgIpc) is 2.52. The molecule has 0 saturated heterocycles. The summed E-state index contributed by atoms with van der Waals surface area (Å²) in [7, 11) is 0. The van der Waals surface area contributed by atoms with Crippen LogP contribution in [-0.4, -0.2) is 17.6 Å². The van der Waals surface area contributed by atoms with Crippen molar-refractivity contribution in [1.82, 2.24) is 4.98 Å². The van der Waals surface area contributed by atoms with Gasteiger partial charge < -0.3 is 4.74 Å². The molecular formula is C18H16FNO2. The fourth-order valence-electron chi connectivity index (χ4n) is 1.85. The van der Waals surface area contributed by atoms with Crippen LogP contribution in [0.1, 0.15) is 12.6 Å². The summed E-state index contributed by atoms with van der Waals surface area (Å²) in [5.41, 5.74) is 2.44. The molecule has 0 aliphatic rings. The van der Waals surface area contributed by atoms with Crippen LogP contribution in [0.25, 0.3) is 17.2 Å². The molecule has 112 valence electrons. The van der Waals surface area contributed by atoms with Gasteiger partial charge in [0.1, 0.15) is 11.9 Å². The number of carbonyl (C=O) groups excluding carboxylic acids is 1. The summed E-state index contributed by atoms with van der Waals surface area (Å²) in [6.45, 7) is 2.19. The van der Waals surface area contributed by atoms with Crippen molar-refractivity contribution in [2.24, 2.45) is 0 Å². The summed E-state index contributed by atoms with van der Waals surface area (Å²) in [5.74, 6) is -0.265. The topological polar surface area (TPSA) is 39.2 Å². The van der Waals surface area contributed by atoms with Gasteiger partial charge in [-0.05, 0) is 42.8 Å². The number of rotatable bonds is 6. The van der Waals surface area contributed by atoms with Crippen LogP contribution in [0.5, 0.6) is 0 Å². The van der Waals surface area contributed by atoms with Gasteiger partial charge in [-0.3, -0.25) is 9.78 Å². The highest BCUT2D eigenvalue weighted by Gasteiger charge is 1.99. The van der Waals surface area contributed by atoms with Gasteiger partial charge in [-0.2, -0.15) is 0 Å². The normalized spacial score (nSPS) is 12.6. The number of carbonyl (C=O) groups is 1. The Morgan fingerprint density at radius 3 is 2.73 bits per heavy atom. The molecular weight excluding hydrogens is 281 g/mol. The first-order valence-corrected chi connectivity index (χ1v) is 6.85. The minimum Gasteiger partial charge on any atom is -0.461 e. The van der Waals surface area contributed by atoms with E-state index in [0.717, 1.165) is 16.8 Å². The maximum absolute atomic E-state index is 13.2. The number of aromatic nitrogens is 1. The van der Waals surface area contributed by atoms with Gasteiger partial charge in [0.2, 0.25) is 0 Å². The first-order valence-electron chi connectivity index (χ1n) is 6.85. The molecule has 0 bridgehead atoms. The molecule has 22 heavy (non-hydrogen) atoms. The first-order chi connectivity index (χ1) is 10.7. The van der Waals surface area contributed by atoms with Crippen LogP contribution in [0.4, 0.5) is 4.39 Å². The lowest BCUT2D eigenvalue weighted by molar-refractivity contribution is -0.130. The number of nitrogens with zero attached hydrogens (tertiary/aromatic N) is 1. The lowest BCUT2D eigenvalue weighted by Gasteiger charge is -2.02. The largest absolute Gasteiger partial charge is 0.461 e. The van der Waals surface area contributed by atoms with Crippen molar-refractivity contribution in [3.8, 4) is 11.1 Å². The van der Waals surface area contributed by atoms with Gasteiger partial charge in [0.25, 0.3) is 6.47 Å². The second-order valence-corrected chi connectivity index (χ2v) is 4.66. The van der Waals surface area contributed by atoms with Crippen molar-refractivity contribution in [2.45, 2.75) is 13.0 Å². The summed E-state index contributed by atoms with van der Waals surface area (Å²) < 4.78 is 17.9. The first kappa shape index (κ1) is 15.6. The van der Waals surface area contributed by atoms with Gasteiger partial charge in [0.05, 0.1) is 5.69 Å². The van der Waals surface area contributed by atoms with E-state index >= 15 is 0 Å². The van der Waals surface area contributed by atoms with E-state index in [2.05, 4.69) is 4.98 Å². The number of hydrogen-bond donors (Lipinski definition) is 0. The molecule has 0 aliphatic carbocycles. The molecule has 0 radical (unpaired) electrons. The zero-order valence-electron chi connectivity index (χ0n) is 12.1. The van der Waals surface area contributed by atoms with E-state index in [4.69, 9.17) is 4.74 Å². The van der Waals surface area contributed by atoms with Crippen LogP contribution in [0.3, 0.4) is 0 Å². The monoisotopic (exact) mass is 297 g/mol. The zero-order chi connectivity index (χ0) is 15.8. The molecule has 0 spiro atoms. The predicted molar refractivity (Wildman–Crippen MR) is 84.4 cm³/mol. The number of benzene rings is 1. The van der Waals surface area contributed by atoms with Gasteiger partial charge in [-0.15, -0.1) is 0 Å². The lowest BCUT2D eigenvalue weighted by Crippen LogP contribution is -2.01. The zero-order valence-corrected chi connectivity index (χ0v) is 12.1. The smallest absolute Gasteiger partial charge is 0.293 e. The van der Waals surface area contributed by atoms with Gasteiger partial charge in [-0.25, -0.2) is 4.39 Å². The summed E-state index contributed by atoms with van der Waals surface area (Å²) in [5, 5.41) is 0. The van der Waals surface area contributed by atoms with Gasteiger partial charge in [-0.1, -0.05) is 30.4 Å². The highest BCUT2D eigenvalue weighted by Crippen LogP contribution is 2.19. The minimum absolute atomic E-state index is 0.259. The minimum atomic E-state index is -0.265. The van der Waals surface area contributed by atoms with Crippen LogP contribution < -0.4 is 0 Å². The average molecular weight is 297 g/mol. The number of hydrogen-bond acceptors (Lipinski definition) is 3. The lowest BCUT2D eigenvalue weighted by atomic mass is 10.1.